The summed E-state index contributed by atoms with van der Waals surface area (Å²) in [6, 6.07) is 3.41. The molecule has 0 spiro atoms. The van der Waals surface area contributed by atoms with Crippen molar-refractivity contribution in [3.8, 4) is 0 Å². The zero-order chi connectivity index (χ0) is 11.3. The Bertz CT molecular complexity index is 418. The molecule has 0 aliphatic heterocycles. The zero-order valence-electron chi connectivity index (χ0n) is 8.40. The van der Waals surface area contributed by atoms with Crippen LogP contribution in [-0.2, 0) is 10.0 Å². The lowest BCUT2D eigenvalue weighted by Crippen LogP contribution is -2.26. The van der Waals surface area contributed by atoms with Gasteiger partial charge in [0.25, 0.3) is 0 Å². The van der Waals surface area contributed by atoms with Crippen LogP contribution in [0.2, 0.25) is 0 Å². The maximum Gasteiger partial charge on any atom is 0.213 e. The first-order chi connectivity index (χ1) is 7.05. The smallest absolute Gasteiger partial charge is 0.213 e. The van der Waals surface area contributed by atoms with Crippen molar-refractivity contribution < 1.29 is 8.42 Å². The second kappa shape index (κ2) is 4.94. The first-order valence-corrected chi connectivity index (χ1v) is 6.06. The Hall–Kier alpha value is -1.34. The fourth-order valence-corrected chi connectivity index (χ4v) is 1.55. The van der Waals surface area contributed by atoms with Gasteiger partial charge in [-0.1, -0.05) is 0 Å². The number of nitrogen functional groups attached to an aromatic ring is 1. The third-order valence-electron chi connectivity index (χ3n) is 1.81. The highest BCUT2D eigenvalue weighted by Crippen LogP contribution is 2.11. The Balaban J connectivity index is 2.49. The maximum atomic E-state index is 11.1. The van der Waals surface area contributed by atoms with Gasteiger partial charge in [0.1, 0.15) is 5.82 Å². The van der Waals surface area contributed by atoms with Crippen molar-refractivity contribution in [3.63, 3.8) is 0 Å². The minimum Gasteiger partial charge on any atom is -0.396 e. The van der Waals surface area contributed by atoms with Crippen LogP contribution >= 0.6 is 0 Å². The van der Waals surface area contributed by atoms with E-state index in [2.05, 4.69) is 15.0 Å². The molecule has 84 valence electrons. The van der Waals surface area contributed by atoms with E-state index in [1.807, 2.05) is 0 Å². The summed E-state index contributed by atoms with van der Waals surface area (Å²) in [6.07, 6.45) is 1.59. The van der Waals surface area contributed by atoms with Crippen LogP contribution in [0.4, 0.5) is 11.5 Å². The number of hydrogen-bond donors (Lipinski definition) is 3. The van der Waals surface area contributed by atoms with Gasteiger partial charge in [0.15, 0.2) is 0 Å². The molecule has 0 fully saturated rings. The molecule has 1 heterocycles. The van der Waals surface area contributed by atoms with Crippen molar-refractivity contribution in [1.82, 2.24) is 9.71 Å². The maximum absolute atomic E-state index is 11.1. The summed E-state index contributed by atoms with van der Waals surface area (Å²) in [5, 5.41) is 2.85. The topological polar surface area (TPSA) is 97.1 Å². The van der Waals surface area contributed by atoms with Crippen LogP contribution in [0.5, 0.6) is 0 Å². The standard InChI is InChI=1S/C8H14N4O2S/c1-10-15(13,14)6-5-12-8-7(9)3-2-4-11-8/h2-4,10H,5-6,9H2,1H3,(H,11,12). The summed E-state index contributed by atoms with van der Waals surface area (Å²) in [5.74, 6) is 0.489. The van der Waals surface area contributed by atoms with Crippen LogP contribution in [0, 0.1) is 0 Å². The van der Waals surface area contributed by atoms with Crippen molar-refractivity contribution in [2.75, 3.05) is 30.4 Å². The quantitative estimate of drug-likeness (QED) is 0.641. The van der Waals surface area contributed by atoms with Crippen molar-refractivity contribution in [2.24, 2.45) is 0 Å². The van der Waals surface area contributed by atoms with Gasteiger partial charge in [-0.2, -0.15) is 0 Å². The van der Waals surface area contributed by atoms with Gasteiger partial charge in [-0.15, -0.1) is 0 Å². The fraction of sp³-hybridized carbons (Fsp3) is 0.375. The summed E-state index contributed by atoms with van der Waals surface area (Å²) in [5.41, 5.74) is 6.11. The normalized spacial score (nSPS) is 11.3. The molecule has 1 aromatic heterocycles. The van der Waals surface area contributed by atoms with Gasteiger partial charge < -0.3 is 11.1 Å². The Morgan fingerprint density at radius 2 is 2.27 bits per heavy atom. The molecule has 0 radical (unpaired) electrons. The molecule has 7 heteroatoms. The lowest BCUT2D eigenvalue weighted by Gasteiger charge is -2.07. The van der Waals surface area contributed by atoms with E-state index < -0.39 is 10.0 Å². The number of anilines is 2. The number of nitrogens with zero attached hydrogens (tertiary/aromatic N) is 1. The molecule has 0 aromatic carbocycles. The SMILES string of the molecule is CNS(=O)(=O)CCNc1ncccc1N. The number of sulfonamides is 1. The molecule has 0 atom stereocenters. The molecule has 0 aliphatic carbocycles. The van der Waals surface area contributed by atoms with Crippen LogP contribution in [0.1, 0.15) is 0 Å². The Morgan fingerprint density at radius 1 is 1.53 bits per heavy atom. The van der Waals surface area contributed by atoms with Crippen LogP contribution in [0.15, 0.2) is 18.3 Å². The molecule has 6 nitrogen and oxygen atoms in total. The average molecular weight is 230 g/mol. The summed E-state index contributed by atoms with van der Waals surface area (Å²) < 4.78 is 24.4. The zero-order valence-corrected chi connectivity index (χ0v) is 9.21. The predicted molar refractivity (Wildman–Crippen MR) is 60.0 cm³/mol. The lowest BCUT2D eigenvalue weighted by atomic mass is 10.4. The molecule has 15 heavy (non-hydrogen) atoms. The number of pyridine rings is 1. The van der Waals surface area contributed by atoms with Crippen molar-refractivity contribution in [3.05, 3.63) is 18.3 Å². The van der Waals surface area contributed by atoms with E-state index in [0.29, 0.717) is 11.5 Å². The number of hydrogen-bond acceptors (Lipinski definition) is 5. The van der Waals surface area contributed by atoms with Gasteiger partial charge in [0.05, 0.1) is 11.4 Å². The van der Waals surface area contributed by atoms with Gasteiger partial charge in [0, 0.05) is 12.7 Å². The molecule has 0 unspecified atom stereocenters. The number of nitrogens with one attached hydrogen (secondary N) is 2. The van der Waals surface area contributed by atoms with E-state index in [4.69, 9.17) is 5.73 Å². The molecule has 0 saturated heterocycles. The molecular formula is C8H14N4O2S. The Labute approximate surface area is 88.9 Å². The average Bonchev–Trinajstić information content (AvgIpc) is 2.21. The third kappa shape index (κ3) is 3.72. The van der Waals surface area contributed by atoms with E-state index >= 15 is 0 Å². The minimum absolute atomic E-state index is 0.0144. The summed E-state index contributed by atoms with van der Waals surface area (Å²) >= 11 is 0. The number of aromatic nitrogens is 1. The Kier molecular flexibility index (Phi) is 3.87. The monoisotopic (exact) mass is 230 g/mol. The van der Waals surface area contributed by atoms with Crippen LogP contribution in [0.25, 0.3) is 0 Å². The number of nitrogens with two attached hydrogens (primary N) is 1. The second-order valence-corrected chi connectivity index (χ2v) is 4.94. The summed E-state index contributed by atoms with van der Waals surface area (Å²) in [7, 11) is -1.80. The molecule has 4 N–H and O–H groups in total. The van der Waals surface area contributed by atoms with Crippen molar-refractivity contribution in [1.29, 1.82) is 0 Å². The van der Waals surface area contributed by atoms with Crippen LogP contribution in [-0.4, -0.2) is 32.7 Å². The van der Waals surface area contributed by atoms with Crippen molar-refractivity contribution >= 4 is 21.5 Å². The molecule has 1 aromatic rings. The summed E-state index contributed by atoms with van der Waals surface area (Å²) in [4.78, 5) is 3.97. The molecule has 0 amide bonds. The van der Waals surface area contributed by atoms with E-state index in [0.717, 1.165) is 0 Å². The van der Waals surface area contributed by atoms with Gasteiger partial charge in [-0.25, -0.2) is 18.1 Å². The van der Waals surface area contributed by atoms with Gasteiger partial charge in [0.2, 0.25) is 10.0 Å². The lowest BCUT2D eigenvalue weighted by molar-refractivity contribution is 0.588. The molecule has 0 saturated carbocycles. The molecule has 1 rings (SSSR count). The molecular weight excluding hydrogens is 216 g/mol. The molecule has 0 aliphatic rings. The first-order valence-electron chi connectivity index (χ1n) is 4.41. The highest BCUT2D eigenvalue weighted by atomic mass is 32.2. The number of rotatable bonds is 5. The highest BCUT2D eigenvalue weighted by molar-refractivity contribution is 7.89. The summed E-state index contributed by atoms with van der Waals surface area (Å²) in [6.45, 7) is 0.268. The van der Waals surface area contributed by atoms with E-state index in [9.17, 15) is 8.42 Å². The largest absolute Gasteiger partial charge is 0.396 e. The van der Waals surface area contributed by atoms with Crippen LogP contribution < -0.4 is 15.8 Å². The van der Waals surface area contributed by atoms with Crippen molar-refractivity contribution in [2.45, 2.75) is 0 Å². The van der Waals surface area contributed by atoms with Gasteiger partial charge in [-0.05, 0) is 19.2 Å². The highest BCUT2D eigenvalue weighted by Gasteiger charge is 2.06. The third-order valence-corrected chi connectivity index (χ3v) is 3.18. The first kappa shape index (κ1) is 11.7. The van der Waals surface area contributed by atoms with Crippen LogP contribution in [0.3, 0.4) is 0 Å². The van der Waals surface area contributed by atoms with E-state index in [-0.39, 0.29) is 12.3 Å². The van der Waals surface area contributed by atoms with Gasteiger partial charge in [-0.3, -0.25) is 0 Å². The van der Waals surface area contributed by atoms with Gasteiger partial charge >= 0.3 is 0 Å². The van der Waals surface area contributed by atoms with E-state index in [1.54, 1.807) is 18.3 Å². The fourth-order valence-electron chi connectivity index (χ4n) is 0.971. The van der Waals surface area contributed by atoms with E-state index in [1.165, 1.54) is 7.05 Å². The molecule has 0 bridgehead atoms. The second-order valence-electron chi connectivity index (χ2n) is 2.89. The predicted octanol–water partition coefficient (Wildman–Crippen LogP) is -0.375. The minimum atomic E-state index is -3.18. The Morgan fingerprint density at radius 3 is 2.87 bits per heavy atom.